The van der Waals surface area contributed by atoms with E-state index >= 15 is 0 Å². The van der Waals surface area contributed by atoms with Gasteiger partial charge in [-0.15, -0.1) is 0 Å². The largest absolute Gasteiger partial charge is 0.417 e. The lowest BCUT2D eigenvalue weighted by Gasteiger charge is -2.33. The fourth-order valence-electron chi connectivity index (χ4n) is 4.17. The van der Waals surface area contributed by atoms with Crippen molar-refractivity contribution in [2.45, 2.75) is 63.6 Å². The number of ether oxygens (including phenoxy) is 1. The summed E-state index contributed by atoms with van der Waals surface area (Å²) in [5, 5.41) is 3.89. The van der Waals surface area contributed by atoms with Gasteiger partial charge in [-0.1, -0.05) is 19.0 Å². The number of carbonyl (C=O) groups is 1. The number of alkyl halides is 3. The molecule has 158 valence electrons. The maximum absolute atomic E-state index is 13.8. The standard InChI is InChI=1S/C20H24F3N3O3/c1-11(2)14-9-13(20(21,22)23)16-17(25-29-18(16)24-14)12-5-3-7-26(10-12)19(27)15-6-4-8-28-15/h9,11-12,15H,3-8,10H2,1-2H3/t12-,15+/m1/s1. The summed E-state index contributed by atoms with van der Waals surface area (Å²) >= 11 is 0. The molecule has 2 aliphatic heterocycles. The van der Waals surface area contributed by atoms with Gasteiger partial charge in [0.25, 0.3) is 11.6 Å². The molecule has 0 aromatic carbocycles. The Morgan fingerprint density at radius 2 is 2.07 bits per heavy atom. The molecule has 29 heavy (non-hydrogen) atoms. The van der Waals surface area contributed by atoms with Gasteiger partial charge in [0.05, 0.1) is 16.6 Å². The van der Waals surface area contributed by atoms with Crippen molar-refractivity contribution in [3.05, 3.63) is 23.0 Å². The Labute approximate surface area is 166 Å². The molecule has 2 aromatic rings. The molecule has 2 fully saturated rings. The smallest absolute Gasteiger partial charge is 0.368 e. The number of halogens is 3. The Kier molecular flexibility index (Phi) is 5.27. The van der Waals surface area contributed by atoms with Gasteiger partial charge in [0, 0.05) is 31.3 Å². The van der Waals surface area contributed by atoms with Crippen LogP contribution in [0.25, 0.3) is 11.1 Å². The van der Waals surface area contributed by atoms with Crippen molar-refractivity contribution < 1.29 is 27.2 Å². The zero-order valence-electron chi connectivity index (χ0n) is 16.5. The average molecular weight is 411 g/mol. The maximum Gasteiger partial charge on any atom is 0.417 e. The van der Waals surface area contributed by atoms with E-state index in [9.17, 15) is 18.0 Å². The van der Waals surface area contributed by atoms with Gasteiger partial charge < -0.3 is 14.2 Å². The number of likely N-dealkylation sites (tertiary alicyclic amines) is 1. The molecular weight excluding hydrogens is 387 g/mol. The first-order chi connectivity index (χ1) is 13.8. The van der Waals surface area contributed by atoms with E-state index in [1.807, 2.05) is 0 Å². The fourth-order valence-corrected chi connectivity index (χ4v) is 4.17. The van der Waals surface area contributed by atoms with Crippen molar-refractivity contribution in [3.63, 3.8) is 0 Å². The summed E-state index contributed by atoms with van der Waals surface area (Å²) in [6.07, 6.45) is -2.12. The molecule has 2 saturated heterocycles. The van der Waals surface area contributed by atoms with Crippen LogP contribution in [-0.2, 0) is 15.7 Å². The van der Waals surface area contributed by atoms with E-state index in [4.69, 9.17) is 9.26 Å². The van der Waals surface area contributed by atoms with E-state index < -0.39 is 17.8 Å². The molecule has 0 unspecified atom stereocenters. The highest BCUT2D eigenvalue weighted by atomic mass is 19.4. The molecule has 2 aliphatic rings. The predicted octanol–water partition coefficient (Wildman–Crippen LogP) is 4.25. The van der Waals surface area contributed by atoms with Gasteiger partial charge in [0.2, 0.25) is 0 Å². The van der Waals surface area contributed by atoms with Crippen LogP contribution < -0.4 is 0 Å². The van der Waals surface area contributed by atoms with Crippen LogP contribution in [0.4, 0.5) is 13.2 Å². The van der Waals surface area contributed by atoms with Gasteiger partial charge in [0.1, 0.15) is 6.10 Å². The second-order valence-electron chi connectivity index (χ2n) is 8.12. The Hall–Kier alpha value is -2.16. The molecule has 4 heterocycles. The first kappa shape index (κ1) is 20.1. The fraction of sp³-hybridized carbons (Fsp3) is 0.650. The Bertz CT molecular complexity index is 903. The van der Waals surface area contributed by atoms with Crippen molar-refractivity contribution >= 4 is 17.0 Å². The minimum Gasteiger partial charge on any atom is -0.368 e. The molecule has 0 aliphatic carbocycles. The number of rotatable bonds is 3. The highest BCUT2D eigenvalue weighted by Crippen LogP contribution is 2.40. The minimum atomic E-state index is -4.55. The third-order valence-electron chi connectivity index (χ3n) is 5.71. The number of hydrogen-bond acceptors (Lipinski definition) is 5. The van der Waals surface area contributed by atoms with Crippen LogP contribution in [0, 0.1) is 0 Å². The lowest BCUT2D eigenvalue weighted by molar-refractivity contribution is -0.142. The summed E-state index contributed by atoms with van der Waals surface area (Å²) in [6, 6.07) is 1.09. The first-order valence-electron chi connectivity index (χ1n) is 10.0. The van der Waals surface area contributed by atoms with E-state index in [1.165, 1.54) is 0 Å². The summed E-state index contributed by atoms with van der Waals surface area (Å²) in [4.78, 5) is 18.6. The topological polar surface area (TPSA) is 68.5 Å². The van der Waals surface area contributed by atoms with Crippen molar-refractivity contribution in [1.82, 2.24) is 15.0 Å². The lowest BCUT2D eigenvalue weighted by atomic mass is 9.91. The SMILES string of the molecule is CC(C)c1cc(C(F)(F)F)c2c([C@@H]3CCCN(C(=O)[C@@H]4CCCO4)C3)noc2n1. The molecule has 0 N–H and O–H groups in total. The summed E-state index contributed by atoms with van der Waals surface area (Å²) in [6.45, 7) is 5.01. The van der Waals surface area contributed by atoms with E-state index in [-0.39, 0.29) is 34.5 Å². The average Bonchev–Trinajstić information content (AvgIpc) is 3.35. The van der Waals surface area contributed by atoms with Gasteiger partial charge in [-0.2, -0.15) is 13.2 Å². The summed E-state index contributed by atoms with van der Waals surface area (Å²) < 4.78 is 52.2. The molecular formula is C20H24F3N3O3. The van der Waals surface area contributed by atoms with Crippen LogP contribution in [0.2, 0.25) is 0 Å². The molecule has 2 atom stereocenters. The number of nitrogens with zero attached hydrogens (tertiary/aromatic N) is 3. The van der Waals surface area contributed by atoms with E-state index in [0.717, 1.165) is 12.5 Å². The van der Waals surface area contributed by atoms with Crippen LogP contribution in [0.3, 0.4) is 0 Å². The van der Waals surface area contributed by atoms with Gasteiger partial charge in [-0.05, 0) is 37.7 Å². The second kappa shape index (κ2) is 7.59. The third-order valence-corrected chi connectivity index (χ3v) is 5.71. The van der Waals surface area contributed by atoms with Crippen LogP contribution in [0.15, 0.2) is 10.6 Å². The van der Waals surface area contributed by atoms with E-state index in [2.05, 4.69) is 10.1 Å². The van der Waals surface area contributed by atoms with E-state index in [0.29, 0.717) is 44.7 Å². The lowest BCUT2D eigenvalue weighted by Crippen LogP contribution is -2.44. The monoisotopic (exact) mass is 411 g/mol. The summed E-state index contributed by atoms with van der Waals surface area (Å²) in [5.41, 5.74) is -0.322. The second-order valence-corrected chi connectivity index (χ2v) is 8.12. The molecule has 0 radical (unpaired) electrons. The highest BCUT2D eigenvalue weighted by Gasteiger charge is 2.39. The number of piperidine rings is 1. The summed E-state index contributed by atoms with van der Waals surface area (Å²) in [5.74, 6) is -0.595. The molecule has 0 saturated carbocycles. The number of hydrogen-bond donors (Lipinski definition) is 0. The molecule has 0 bridgehead atoms. The van der Waals surface area contributed by atoms with Crippen molar-refractivity contribution in [1.29, 1.82) is 0 Å². The minimum absolute atomic E-state index is 0.0849. The molecule has 2 aromatic heterocycles. The number of carbonyl (C=O) groups excluding carboxylic acids is 1. The number of aromatic nitrogens is 2. The quantitative estimate of drug-likeness (QED) is 0.755. The van der Waals surface area contributed by atoms with Crippen molar-refractivity contribution in [3.8, 4) is 0 Å². The third kappa shape index (κ3) is 3.84. The number of fused-ring (bicyclic) bond motifs is 1. The highest BCUT2D eigenvalue weighted by molar-refractivity contribution is 5.83. The normalized spacial score (nSPS) is 23.3. The Morgan fingerprint density at radius 3 is 2.72 bits per heavy atom. The number of amides is 1. The van der Waals surface area contributed by atoms with Crippen molar-refractivity contribution in [2.24, 2.45) is 0 Å². The van der Waals surface area contributed by atoms with Crippen LogP contribution in [-0.4, -0.2) is 46.7 Å². The van der Waals surface area contributed by atoms with Gasteiger partial charge in [-0.3, -0.25) is 4.79 Å². The van der Waals surface area contributed by atoms with Gasteiger partial charge in [0.15, 0.2) is 0 Å². The zero-order chi connectivity index (χ0) is 20.8. The molecule has 0 spiro atoms. The summed E-state index contributed by atoms with van der Waals surface area (Å²) in [7, 11) is 0. The van der Waals surface area contributed by atoms with Crippen LogP contribution in [0.1, 0.15) is 68.3 Å². The van der Waals surface area contributed by atoms with E-state index in [1.54, 1.807) is 18.7 Å². The zero-order valence-corrected chi connectivity index (χ0v) is 16.5. The van der Waals surface area contributed by atoms with Crippen LogP contribution in [0.5, 0.6) is 0 Å². The molecule has 4 rings (SSSR count). The van der Waals surface area contributed by atoms with Gasteiger partial charge >= 0.3 is 6.18 Å². The number of pyridine rings is 1. The molecule has 9 heteroatoms. The predicted molar refractivity (Wildman–Crippen MR) is 98.4 cm³/mol. The maximum atomic E-state index is 13.8. The van der Waals surface area contributed by atoms with Gasteiger partial charge in [-0.25, -0.2) is 4.98 Å². The Morgan fingerprint density at radius 1 is 1.28 bits per heavy atom. The first-order valence-corrected chi connectivity index (χ1v) is 10.0. The Balaban J connectivity index is 1.69. The molecule has 6 nitrogen and oxygen atoms in total. The van der Waals surface area contributed by atoms with Crippen LogP contribution >= 0.6 is 0 Å². The van der Waals surface area contributed by atoms with Crippen molar-refractivity contribution in [2.75, 3.05) is 19.7 Å². The molecule has 1 amide bonds.